The molecule has 0 bridgehead atoms. The van der Waals surface area contributed by atoms with Crippen molar-refractivity contribution in [1.29, 1.82) is 0 Å². The van der Waals surface area contributed by atoms with E-state index in [0.29, 0.717) is 109 Å². The number of rotatable bonds is 16. The molecule has 1 saturated heterocycles. The molecule has 26 heteroatoms. The van der Waals surface area contributed by atoms with Crippen molar-refractivity contribution in [2.75, 3.05) is 45.4 Å². The van der Waals surface area contributed by atoms with Gasteiger partial charge in [-0.05, 0) is 101 Å². The maximum atomic E-state index is 13.2. The topological polar surface area (TPSA) is 236 Å². The normalized spacial score (nSPS) is 13.5. The van der Waals surface area contributed by atoms with Gasteiger partial charge in [-0.3, -0.25) is 37.9 Å². The van der Waals surface area contributed by atoms with Crippen molar-refractivity contribution < 1.29 is 28.5 Å². The summed E-state index contributed by atoms with van der Waals surface area (Å²) in [4.78, 5) is 71.2. The van der Waals surface area contributed by atoms with Crippen LogP contribution in [-0.4, -0.2) is 115 Å². The van der Waals surface area contributed by atoms with Crippen molar-refractivity contribution >= 4 is 63.1 Å². The Balaban J connectivity index is 0.000000149. The number of carbonyl (C=O) groups excluding carboxylic acids is 1. The number of halogens is 3. The van der Waals surface area contributed by atoms with E-state index in [1.807, 2.05) is 75.5 Å². The third kappa shape index (κ3) is 16.0. The van der Waals surface area contributed by atoms with E-state index < -0.39 is 0 Å². The molecular weight excluding hydrogens is 1310 g/mol. The van der Waals surface area contributed by atoms with Gasteiger partial charge in [-0.2, -0.15) is 15.3 Å². The lowest BCUT2D eigenvalue weighted by molar-refractivity contribution is -0.153. The van der Waals surface area contributed by atoms with E-state index in [2.05, 4.69) is 81.7 Å². The van der Waals surface area contributed by atoms with Crippen LogP contribution >= 0.6 is 34.8 Å². The lowest BCUT2D eigenvalue weighted by Crippen LogP contribution is -2.28. The van der Waals surface area contributed by atoms with E-state index in [4.69, 9.17) is 58.5 Å². The molecular formula is C72H73Cl3N14O9. The van der Waals surface area contributed by atoms with Crippen molar-refractivity contribution in [1.82, 2.24) is 62.5 Å². The Morgan fingerprint density at radius 3 is 1.49 bits per heavy atom. The molecule has 506 valence electrons. The number of hydrogen-bond donors (Lipinski definition) is 0. The van der Waals surface area contributed by atoms with Crippen LogP contribution in [-0.2, 0) is 9.53 Å². The Morgan fingerprint density at radius 2 is 1.00 bits per heavy atom. The zero-order valence-electron chi connectivity index (χ0n) is 55.9. The highest BCUT2D eigenvalue weighted by atomic mass is 35.5. The van der Waals surface area contributed by atoms with E-state index in [9.17, 15) is 19.2 Å². The number of anilines is 1. The second-order valence-corrected chi connectivity index (χ2v) is 27.6. The first kappa shape index (κ1) is 69.0. The molecule has 0 aliphatic carbocycles. The van der Waals surface area contributed by atoms with Crippen LogP contribution in [0, 0.1) is 22.7 Å². The number of pyridine rings is 2. The number of aromatic nitrogens is 13. The molecule has 1 aliphatic rings. The lowest BCUT2D eigenvalue weighted by Gasteiger charge is -2.20. The molecule has 0 spiro atoms. The molecule has 0 saturated carbocycles. The van der Waals surface area contributed by atoms with Crippen LogP contribution < -0.4 is 40.5 Å². The summed E-state index contributed by atoms with van der Waals surface area (Å²) in [5, 5.41) is 14.8. The fourth-order valence-electron chi connectivity index (χ4n) is 10.3. The van der Waals surface area contributed by atoms with Gasteiger partial charge in [-0.1, -0.05) is 109 Å². The number of hydrogen-bond acceptors (Lipinski definition) is 17. The molecule has 0 N–H and O–H groups in total. The van der Waals surface area contributed by atoms with Crippen LogP contribution in [0.15, 0.2) is 180 Å². The maximum absolute atomic E-state index is 13.2. The minimum atomic E-state index is -0.236. The fraction of sp³-hybridized carbons (Fsp3) is 0.292. The molecule has 1 aliphatic heterocycles. The summed E-state index contributed by atoms with van der Waals surface area (Å²) >= 11 is 17.8. The van der Waals surface area contributed by atoms with E-state index in [1.165, 1.54) is 49.6 Å². The minimum Gasteiger partial charge on any atom is -0.493 e. The molecule has 10 heterocycles. The third-order valence-corrected chi connectivity index (χ3v) is 16.6. The number of methoxy groups -OCH3 is 2. The van der Waals surface area contributed by atoms with Gasteiger partial charge in [0.15, 0.2) is 28.8 Å². The smallest absolute Gasteiger partial charge is 0.309 e. The van der Waals surface area contributed by atoms with Gasteiger partial charge in [0.1, 0.15) is 47.5 Å². The quantitative estimate of drug-likeness (QED) is 0.0817. The average Bonchev–Trinajstić information content (AvgIpc) is 1.59. The number of carbonyl (C=O) groups is 1. The number of fused-ring (bicyclic) bond motifs is 3. The van der Waals surface area contributed by atoms with Crippen LogP contribution in [0.2, 0.25) is 15.1 Å². The number of benzene rings is 3. The highest BCUT2D eigenvalue weighted by Crippen LogP contribution is 2.34. The predicted molar refractivity (Wildman–Crippen MR) is 379 cm³/mol. The second kappa shape index (κ2) is 29.2. The van der Waals surface area contributed by atoms with Crippen molar-refractivity contribution in [3.05, 3.63) is 212 Å². The molecule has 0 amide bonds. The highest BCUT2D eigenvalue weighted by Gasteiger charge is 2.29. The largest absolute Gasteiger partial charge is 0.493 e. The van der Waals surface area contributed by atoms with Crippen LogP contribution in [0.1, 0.15) is 68.7 Å². The summed E-state index contributed by atoms with van der Waals surface area (Å²) in [5.74, 6) is 3.56. The average molecular weight is 1380 g/mol. The van der Waals surface area contributed by atoms with E-state index in [1.54, 1.807) is 103 Å². The lowest BCUT2D eigenvalue weighted by atomic mass is 9.98. The predicted octanol–water partition coefficient (Wildman–Crippen LogP) is 13.3. The molecule has 0 radical (unpaired) electrons. The first-order valence-electron chi connectivity index (χ1n) is 31.5. The molecule has 13 rings (SSSR count). The summed E-state index contributed by atoms with van der Waals surface area (Å²) in [6.07, 6.45) is 16.6. The molecule has 1 fully saturated rings. The summed E-state index contributed by atoms with van der Waals surface area (Å²) < 4.78 is 37.5. The molecule has 9 aromatic heterocycles. The summed E-state index contributed by atoms with van der Waals surface area (Å²) in [6, 6.07) is 30.8. The van der Waals surface area contributed by atoms with Gasteiger partial charge >= 0.3 is 5.97 Å². The summed E-state index contributed by atoms with van der Waals surface area (Å²) in [7, 11) is 3.14. The van der Waals surface area contributed by atoms with Gasteiger partial charge in [0.25, 0.3) is 16.7 Å². The standard InChI is InChI=1S/C27H28ClN5O3.C23H23ClN4O3.C22H22ClN5O3/c1-17(2)18(3)27(35)36-23-10-11-31(15-23)25-9-8-22(13-29-25)32-16-30-33-14-20(12-24(33)26(32)34)19-4-6-21(28)7-5-19;1-23(2,3)13-31-20-8-6-17(10-21(20)30-4)27-14-26-28-12-15(9-19(28)22(27)29)18-7-5-16(24)11-25-18;1-22(2,3)12-31-18-6-5-16(8-19(18)30-4)27-13-26-28-11-14(7-17(28)21(27)29)20-24-9-15(23)10-25-20/h4-9,12-14,16-18,23H,10-11,15H2,1-3H3;5-12,14H,13H2,1-4H3;5-11,13H,12H2,1-4H3/t18-,23+;;/m0../s1. The molecule has 23 nitrogen and oxygen atoms in total. The van der Waals surface area contributed by atoms with Gasteiger partial charge in [-0.15, -0.1) is 0 Å². The molecule has 3 aromatic carbocycles. The van der Waals surface area contributed by atoms with Crippen molar-refractivity contribution in [2.24, 2.45) is 22.7 Å². The van der Waals surface area contributed by atoms with Crippen LogP contribution in [0.3, 0.4) is 0 Å². The Hall–Kier alpha value is -10.4. The zero-order chi connectivity index (χ0) is 69.7. The monoisotopic (exact) mass is 1380 g/mol. The maximum Gasteiger partial charge on any atom is 0.309 e. The molecule has 98 heavy (non-hydrogen) atoms. The van der Waals surface area contributed by atoms with Gasteiger partial charge < -0.3 is 28.6 Å². The summed E-state index contributed by atoms with van der Waals surface area (Å²) in [5.41, 5.74) is 6.55. The fourth-order valence-corrected chi connectivity index (χ4v) is 10.7. The molecule has 0 unspecified atom stereocenters. The van der Waals surface area contributed by atoms with Crippen LogP contribution in [0.25, 0.3) is 67.4 Å². The van der Waals surface area contributed by atoms with E-state index >= 15 is 0 Å². The second-order valence-electron chi connectivity index (χ2n) is 26.3. The zero-order valence-corrected chi connectivity index (χ0v) is 58.2. The Kier molecular flexibility index (Phi) is 20.5. The van der Waals surface area contributed by atoms with Gasteiger partial charge in [0.05, 0.1) is 78.9 Å². The Labute approximate surface area is 579 Å². The molecule has 2 atom stereocenters. The minimum absolute atomic E-state index is 0.0100. The van der Waals surface area contributed by atoms with Gasteiger partial charge in [0, 0.05) is 84.0 Å². The number of ether oxygens (including phenoxy) is 5. The first-order valence-corrected chi connectivity index (χ1v) is 32.6. The first-order chi connectivity index (χ1) is 46.8. The Morgan fingerprint density at radius 1 is 0.520 bits per heavy atom. The van der Waals surface area contributed by atoms with Crippen LogP contribution in [0.4, 0.5) is 5.82 Å². The molecule has 12 aromatic rings. The van der Waals surface area contributed by atoms with Crippen LogP contribution in [0.5, 0.6) is 23.0 Å². The number of esters is 1. The van der Waals surface area contributed by atoms with Gasteiger partial charge in [-0.25, -0.2) is 28.5 Å². The van der Waals surface area contributed by atoms with Crippen molar-refractivity contribution in [3.8, 4) is 73.8 Å². The Bertz CT molecular complexity index is 4810. The summed E-state index contributed by atoms with van der Waals surface area (Å²) in [6.45, 7) is 21.0. The van der Waals surface area contributed by atoms with E-state index in [-0.39, 0.29) is 51.4 Å². The van der Waals surface area contributed by atoms with Crippen molar-refractivity contribution in [3.63, 3.8) is 0 Å². The SMILES string of the molecule is CC(C)[C@H](C)C(=O)O[C@@H]1CCN(c2ccc(-n3cnn4cc(-c5ccc(Cl)cc5)cc4c3=O)cn2)C1.COc1cc(-n2cnn3cc(-c4ccc(Cl)cn4)cc3c2=O)ccc1OCC(C)(C)C.COc1cc(-n2cnn3cc(-c4ncc(Cl)cn4)cc3c2=O)ccc1OCC(C)(C)C. The van der Waals surface area contributed by atoms with Crippen molar-refractivity contribution in [2.45, 2.75) is 74.8 Å². The highest BCUT2D eigenvalue weighted by molar-refractivity contribution is 6.31. The number of nitrogens with zero attached hydrogens (tertiary/aromatic N) is 14. The van der Waals surface area contributed by atoms with E-state index in [0.717, 1.165) is 35.5 Å². The third-order valence-electron chi connectivity index (χ3n) is 16.0. The van der Waals surface area contributed by atoms with Gasteiger partial charge in [0.2, 0.25) is 0 Å².